The predicted octanol–water partition coefficient (Wildman–Crippen LogP) is 1.12. The minimum atomic E-state index is -0.753. The zero-order chi connectivity index (χ0) is 15.7. The molecular formula is C15H30ClN3O3. The molecule has 22 heavy (non-hydrogen) atoms. The van der Waals surface area contributed by atoms with E-state index < -0.39 is 5.54 Å². The summed E-state index contributed by atoms with van der Waals surface area (Å²) >= 11 is 0. The van der Waals surface area contributed by atoms with E-state index in [1.165, 1.54) is 7.11 Å². The lowest BCUT2D eigenvalue weighted by Gasteiger charge is -2.37. The van der Waals surface area contributed by atoms with E-state index in [2.05, 4.69) is 10.6 Å². The maximum atomic E-state index is 12.5. The van der Waals surface area contributed by atoms with Crippen LogP contribution in [0.25, 0.3) is 0 Å². The van der Waals surface area contributed by atoms with Gasteiger partial charge in [-0.3, -0.25) is 9.59 Å². The summed E-state index contributed by atoms with van der Waals surface area (Å²) in [4.78, 5) is 24.7. The van der Waals surface area contributed by atoms with Crippen molar-refractivity contribution < 1.29 is 14.3 Å². The van der Waals surface area contributed by atoms with Crippen LogP contribution in [0.2, 0.25) is 0 Å². The molecule has 7 heteroatoms. The van der Waals surface area contributed by atoms with Crippen molar-refractivity contribution in [2.75, 3.05) is 20.2 Å². The van der Waals surface area contributed by atoms with E-state index in [-0.39, 0.29) is 36.7 Å². The number of ether oxygens (including phenoxy) is 1. The summed E-state index contributed by atoms with van der Waals surface area (Å²) in [5.41, 5.74) is 4.79. The minimum Gasteiger partial charge on any atom is -0.380 e. The van der Waals surface area contributed by atoms with Gasteiger partial charge in [0.25, 0.3) is 0 Å². The molecule has 1 aliphatic carbocycles. The lowest BCUT2D eigenvalue weighted by Crippen LogP contribution is -2.60. The third-order valence-electron chi connectivity index (χ3n) is 4.07. The van der Waals surface area contributed by atoms with Crippen molar-refractivity contribution in [3.63, 3.8) is 0 Å². The molecule has 0 bridgehead atoms. The quantitative estimate of drug-likeness (QED) is 0.619. The van der Waals surface area contributed by atoms with Gasteiger partial charge in [-0.1, -0.05) is 26.2 Å². The monoisotopic (exact) mass is 335 g/mol. The molecule has 4 N–H and O–H groups in total. The van der Waals surface area contributed by atoms with Gasteiger partial charge < -0.3 is 21.1 Å². The van der Waals surface area contributed by atoms with E-state index in [9.17, 15) is 9.59 Å². The fraction of sp³-hybridized carbons (Fsp3) is 0.867. The second kappa shape index (κ2) is 10.8. The molecule has 2 amide bonds. The van der Waals surface area contributed by atoms with Gasteiger partial charge in [0.05, 0.1) is 12.5 Å². The van der Waals surface area contributed by atoms with E-state index in [0.717, 1.165) is 25.7 Å². The van der Waals surface area contributed by atoms with E-state index in [1.54, 1.807) is 0 Å². The van der Waals surface area contributed by atoms with Crippen molar-refractivity contribution in [2.24, 2.45) is 5.73 Å². The molecule has 1 fully saturated rings. The number of rotatable bonds is 8. The molecule has 0 aromatic rings. The third kappa shape index (κ3) is 6.10. The first-order valence-corrected chi connectivity index (χ1v) is 7.90. The molecule has 1 atom stereocenters. The van der Waals surface area contributed by atoms with Crippen LogP contribution in [-0.2, 0) is 14.3 Å². The molecule has 0 heterocycles. The number of halogens is 1. The number of carbonyl (C=O) groups is 2. The van der Waals surface area contributed by atoms with Crippen LogP contribution >= 0.6 is 12.4 Å². The third-order valence-corrected chi connectivity index (χ3v) is 4.07. The van der Waals surface area contributed by atoms with Crippen LogP contribution in [0.5, 0.6) is 0 Å². The van der Waals surface area contributed by atoms with Crippen LogP contribution in [-0.4, -0.2) is 43.7 Å². The molecule has 0 spiro atoms. The highest BCUT2D eigenvalue weighted by Crippen LogP contribution is 2.28. The van der Waals surface area contributed by atoms with Crippen LogP contribution in [0.1, 0.15) is 51.9 Å². The van der Waals surface area contributed by atoms with Gasteiger partial charge in [-0.15, -0.1) is 12.4 Å². The van der Waals surface area contributed by atoms with E-state index >= 15 is 0 Å². The van der Waals surface area contributed by atoms with Crippen LogP contribution in [0, 0.1) is 0 Å². The highest BCUT2D eigenvalue weighted by Gasteiger charge is 2.40. The molecule has 130 valence electrons. The number of hydrogen-bond acceptors (Lipinski definition) is 4. The van der Waals surface area contributed by atoms with Gasteiger partial charge >= 0.3 is 0 Å². The van der Waals surface area contributed by atoms with Gasteiger partial charge in [-0.25, -0.2) is 0 Å². The first-order valence-electron chi connectivity index (χ1n) is 7.90. The van der Waals surface area contributed by atoms with Crippen molar-refractivity contribution >= 4 is 24.2 Å². The number of hydrogen-bond donors (Lipinski definition) is 3. The SMILES string of the molecule is CCCNC(=O)C1(NC(=O)CC(CN)OC)CCCCC1.Cl. The lowest BCUT2D eigenvalue weighted by atomic mass is 9.80. The highest BCUT2D eigenvalue weighted by atomic mass is 35.5. The smallest absolute Gasteiger partial charge is 0.245 e. The van der Waals surface area contributed by atoms with Crippen molar-refractivity contribution in [3.05, 3.63) is 0 Å². The maximum Gasteiger partial charge on any atom is 0.245 e. The van der Waals surface area contributed by atoms with Crippen LogP contribution in [0.15, 0.2) is 0 Å². The Labute approximate surface area is 139 Å². The van der Waals surface area contributed by atoms with Crippen molar-refractivity contribution in [2.45, 2.75) is 63.5 Å². The van der Waals surface area contributed by atoms with Crippen LogP contribution < -0.4 is 16.4 Å². The van der Waals surface area contributed by atoms with Gasteiger partial charge in [-0.05, 0) is 19.3 Å². The van der Waals surface area contributed by atoms with Gasteiger partial charge in [0, 0.05) is 20.2 Å². The van der Waals surface area contributed by atoms with Crippen molar-refractivity contribution in [1.82, 2.24) is 10.6 Å². The number of methoxy groups -OCH3 is 1. The molecular weight excluding hydrogens is 306 g/mol. The number of nitrogens with two attached hydrogens (primary N) is 1. The van der Waals surface area contributed by atoms with E-state index in [0.29, 0.717) is 25.9 Å². The molecule has 0 aromatic heterocycles. The summed E-state index contributed by atoms with van der Waals surface area (Å²) in [6.45, 7) is 2.94. The Kier molecular flexibility index (Phi) is 10.4. The molecule has 0 radical (unpaired) electrons. The summed E-state index contributed by atoms with van der Waals surface area (Å²) in [6.07, 6.45) is 5.22. The second-order valence-electron chi connectivity index (χ2n) is 5.74. The highest BCUT2D eigenvalue weighted by molar-refractivity contribution is 5.91. The van der Waals surface area contributed by atoms with Gasteiger partial charge in [0.15, 0.2) is 0 Å². The zero-order valence-electron chi connectivity index (χ0n) is 13.7. The summed E-state index contributed by atoms with van der Waals surface area (Å²) in [7, 11) is 1.54. The summed E-state index contributed by atoms with van der Waals surface area (Å²) in [5, 5.41) is 5.87. The maximum absolute atomic E-state index is 12.5. The van der Waals surface area contributed by atoms with E-state index in [4.69, 9.17) is 10.5 Å². The van der Waals surface area contributed by atoms with Crippen molar-refractivity contribution in [3.8, 4) is 0 Å². The molecule has 0 aromatic carbocycles. The average molecular weight is 336 g/mol. The molecule has 0 aliphatic heterocycles. The van der Waals surface area contributed by atoms with Crippen molar-refractivity contribution in [1.29, 1.82) is 0 Å². The Morgan fingerprint density at radius 3 is 2.41 bits per heavy atom. The lowest BCUT2D eigenvalue weighted by molar-refractivity contribution is -0.136. The van der Waals surface area contributed by atoms with Gasteiger partial charge in [-0.2, -0.15) is 0 Å². The molecule has 1 aliphatic rings. The first kappa shape index (κ1) is 21.1. The molecule has 1 rings (SSSR count). The minimum absolute atomic E-state index is 0. The Hall–Kier alpha value is -0.850. The molecule has 6 nitrogen and oxygen atoms in total. The number of nitrogens with one attached hydrogen (secondary N) is 2. The van der Waals surface area contributed by atoms with Crippen LogP contribution in [0.4, 0.5) is 0 Å². The average Bonchev–Trinajstić information content (AvgIpc) is 2.51. The Balaban J connectivity index is 0.00000441. The Morgan fingerprint density at radius 1 is 1.27 bits per heavy atom. The Bertz CT molecular complexity index is 343. The van der Waals surface area contributed by atoms with Gasteiger partial charge in [0.2, 0.25) is 11.8 Å². The standard InChI is InChI=1S/C15H29N3O3.ClH/c1-3-9-17-14(20)15(7-5-4-6-8-15)18-13(19)10-12(11-16)21-2;/h12H,3-11,16H2,1-2H3,(H,17,20)(H,18,19);1H. The zero-order valence-corrected chi connectivity index (χ0v) is 14.5. The van der Waals surface area contributed by atoms with Gasteiger partial charge in [0.1, 0.15) is 5.54 Å². The van der Waals surface area contributed by atoms with Crippen LogP contribution in [0.3, 0.4) is 0 Å². The fourth-order valence-electron chi connectivity index (χ4n) is 2.76. The normalized spacial score (nSPS) is 18.0. The fourth-order valence-corrected chi connectivity index (χ4v) is 2.76. The molecule has 1 unspecified atom stereocenters. The number of amides is 2. The summed E-state index contributed by atoms with van der Waals surface area (Å²) < 4.78 is 5.13. The second-order valence-corrected chi connectivity index (χ2v) is 5.74. The number of carbonyl (C=O) groups excluding carboxylic acids is 2. The van der Waals surface area contributed by atoms with E-state index in [1.807, 2.05) is 6.92 Å². The topological polar surface area (TPSA) is 93.5 Å². The summed E-state index contributed by atoms with van der Waals surface area (Å²) in [5.74, 6) is -0.222. The Morgan fingerprint density at radius 2 is 1.91 bits per heavy atom. The summed E-state index contributed by atoms with van der Waals surface area (Å²) in [6, 6.07) is 0. The first-order chi connectivity index (χ1) is 10.1. The molecule has 0 saturated heterocycles. The largest absolute Gasteiger partial charge is 0.380 e. The predicted molar refractivity (Wildman–Crippen MR) is 89.0 cm³/mol. The molecule has 1 saturated carbocycles.